The van der Waals surface area contributed by atoms with Crippen LogP contribution in [0.2, 0.25) is 0 Å². The minimum absolute atomic E-state index is 0.0233. The Morgan fingerprint density at radius 3 is 1.74 bits per heavy atom. The first-order chi connectivity index (χ1) is 9.01. The molecule has 0 aliphatic carbocycles. The standard InChI is InChI=1S/C13H16O6/c1-7-8(16-2)6-9(17-3)11(13(15)19-5)10(7)12(14)18-4/h6H,1-5H3. The molecule has 19 heavy (non-hydrogen) atoms. The van der Waals surface area contributed by atoms with Crippen molar-refractivity contribution in [2.24, 2.45) is 0 Å². The Labute approximate surface area is 111 Å². The lowest BCUT2D eigenvalue weighted by Gasteiger charge is -2.16. The predicted molar refractivity (Wildman–Crippen MR) is 67.0 cm³/mol. The maximum atomic E-state index is 11.9. The average molecular weight is 268 g/mol. The number of benzene rings is 1. The van der Waals surface area contributed by atoms with Crippen LogP contribution in [0, 0.1) is 6.92 Å². The molecule has 0 fully saturated rings. The van der Waals surface area contributed by atoms with Gasteiger partial charge < -0.3 is 18.9 Å². The van der Waals surface area contributed by atoms with Gasteiger partial charge in [-0.1, -0.05) is 0 Å². The van der Waals surface area contributed by atoms with Gasteiger partial charge in [0.05, 0.1) is 34.0 Å². The lowest BCUT2D eigenvalue weighted by Crippen LogP contribution is -2.16. The van der Waals surface area contributed by atoms with Gasteiger partial charge in [-0.05, 0) is 6.92 Å². The molecule has 1 aromatic rings. The van der Waals surface area contributed by atoms with Gasteiger partial charge in [0, 0.05) is 11.6 Å². The van der Waals surface area contributed by atoms with Gasteiger partial charge in [-0.25, -0.2) is 9.59 Å². The zero-order valence-electron chi connectivity index (χ0n) is 11.5. The SMILES string of the molecule is COC(=O)c1c(OC)cc(OC)c(C)c1C(=O)OC. The Bertz CT molecular complexity index is 506. The molecule has 0 amide bonds. The van der Waals surface area contributed by atoms with E-state index in [-0.39, 0.29) is 16.9 Å². The summed E-state index contributed by atoms with van der Waals surface area (Å²) < 4.78 is 19.6. The molecule has 0 atom stereocenters. The number of methoxy groups -OCH3 is 4. The normalized spacial score (nSPS) is 9.74. The number of rotatable bonds is 4. The number of esters is 2. The first-order valence-electron chi connectivity index (χ1n) is 5.44. The van der Waals surface area contributed by atoms with Crippen molar-refractivity contribution < 1.29 is 28.5 Å². The van der Waals surface area contributed by atoms with Crippen molar-refractivity contribution in [2.75, 3.05) is 28.4 Å². The Kier molecular flexibility index (Phi) is 4.74. The molecule has 104 valence electrons. The summed E-state index contributed by atoms with van der Waals surface area (Å²) in [6.45, 7) is 1.65. The molecule has 0 aliphatic heterocycles. The number of hydrogen-bond donors (Lipinski definition) is 0. The van der Waals surface area contributed by atoms with Gasteiger partial charge in [0.25, 0.3) is 0 Å². The third kappa shape index (κ3) is 2.62. The Morgan fingerprint density at radius 2 is 1.32 bits per heavy atom. The van der Waals surface area contributed by atoms with Crippen molar-refractivity contribution in [3.05, 3.63) is 22.8 Å². The summed E-state index contributed by atoms with van der Waals surface area (Å²) in [5.74, 6) is -0.724. The molecule has 0 heterocycles. The highest BCUT2D eigenvalue weighted by molar-refractivity contribution is 6.06. The van der Waals surface area contributed by atoms with Gasteiger partial charge in [-0.2, -0.15) is 0 Å². The molecule has 1 rings (SSSR count). The van der Waals surface area contributed by atoms with Gasteiger partial charge >= 0.3 is 11.9 Å². The lowest BCUT2D eigenvalue weighted by atomic mass is 9.99. The molecule has 6 heteroatoms. The van der Waals surface area contributed by atoms with Crippen molar-refractivity contribution in [2.45, 2.75) is 6.92 Å². The van der Waals surface area contributed by atoms with E-state index in [1.54, 1.807) is 6.92 Å². The summed E-state index contributed by atoms with van der Waals surface area (Å²) in [7, 11) is 5.30. The molecule has 0 spiro atoms. The van der Waals surface area contributed by atoms with Crippen molar-refractivity contribution in [3.63, 3.8) is 0 Å². The summed E-state index contributed by atoms with van der Waals surface area (Å²) in [6.07, 6.45) is 0. The molecule has 6 nitrogen and oxygen atoms in total. The second-order valence-corrected chi connectivity index (χ2v) is 3.64. The lowest BCUT2D eigenvalue weighted by molar-refractivity contribution is 0.0551. The van der Waals surface area contributed by atoms with E-state index in [0.29, 0.717) is 11.3 Å². The third-order valence-electron chi connectivity index (χ3n) is 2.72. The Hall–Kier alpha value is -2.24. The van der Waals surface area contributed by atoms with Crippen LogP contribution in [0.25, 0.3) is 0 Å². The monoisotopic (exact) mass is 268 g/mol. The van der Waals surface area contributed by atoms with Gasteiger partial charge in [0.15, 0.2) is 0 Å². The van der Waals surface area contributed by atoms with Crippen LogP contribution in [0.3, 0.4) is 0 Å². The summed E-state index contributed by atoms with van der Waals surface area (Å²) in [5, 5.41) is 0. The topological polar surface area (TPSA) is 71.1 Å². The van der Waals surface area contributed by atoms with Crippen LogP contribution in [0.4, 0.5) is 0 Å². The van der Waals surface area contributed by atoms with E-state index in [2.05, 4.69) is 4.74 Å². The van der Waals surface area contributed by atoms with Gasteiger partial charge in [-0.15, -0.1) is 0 Å². The number of carbonyl (C=O) groups is 2. The van der Waals surface area contributed by atoms with Crippen LogP contribution in [-0.2, 0) is 9.47 Å². The van der Waals surface area contributed by atoms with Crippen LogP contribution in [0.1, 0.15) is 26.3 Å². The second-order valence-electron chi connectivity index (χ2n) is 3.64. The fourth-order valence-electron chi connectivity index (χ4n) is 1.77. The van der Waals surface area contributed by atoms with E-state index >= 15 is 0 Å². The molecule has 0 bridgehead atoms. The minimum atomic E-state index is -0.678. The van der Waals surface area contributed by atoms with Gasteiger partial charge in [-0.3, -0.25) is 0 Å². The molecule has 0 saturated heterocycles. The van der Waals surface area contributed by atoms with Gasteiger partial charge in [0.1, 0.15) is 17.1 Å². The van der Waals surface area contributed by atoms with E-state index in [1.807, 2.05) is 0 Å². The number of ether oxygens (including phenoxy) is 4. The molecule has 0 radical (unpaired) electrons. The van der Waals surface area contributed by atoms with Crippen LogP contribution < -0.4 is 9.47 Å². The summed E-state index contributed by atoms with van der Waals surface area (Å²) in [5.41, 5.74) is 0.580. The average Bonchev–Trinajstić information content (AvgIpc) is 2.44. The maximum Gasteiger partial charge on any atom is 0.342 e. The zero-order chi connectivity index (χ0) is 14.6. The Balaban J connectivity index is 3.69. The smallest absolute Gasteiger partial charge is 0.342 e. The predicted octanol–water partition coefficient (Wildman–Crippen LogP) is 1.59. The molecule has 0 unspecified atom stereocenters. The highest BCUT2D eigenvalue weighted by Crippen LogP contribution is 2.34. The van der Waals surface area contributed by atoms with E-state index < -0.39 is 11.9 Å². The molecular weight excluding hydrogens is 252 g/mol. The highest BCUT2D eigenvalue weighted by atomic mass is 16.5. The molecule has 0 aromatic heterocycles. The number of carbonyl (C=O) groups excluding carboxylic acids is 2. The molecule has 1 aromatic carbocycles. The fourth-order valence-corrected chi connectivity index (χ4v) is 1.77. The fraction of sp³-hybridized carbons (Fsp3) is 0.385. The summed E-state index contributed by atoms with van der Waals surface area (Å²) >= 11 is 0. The van der Waals surface area contributed by atoms with Crippen LogP contribution in [0.15, 0.2) is 6.07 Å². The van der Waals surface area contributed by atoms with E-state index in [0.717, 1.165) is 0 Å². The van der Waals surface area contributed by atoms with Crippen molar-refractivity contribution in [3.8, 4) is 11.5 Å². The first-order valence-corrected chi connectivity index (χ1v) is 5.44. The minimum Gasteiger partial charge on any atom is -0.496 e. The first kappa shape index (κ1) is 14.8. The van der Waals surface area contributed by atoms with Crippen LogP contribution >= 0.6 is 0 Å². The maximum absolute atomic E-state index is 11.9. The van der Waals surface area contributed by atoms with E-state index in [4.69, 9.17) is 14.2 Å². The Morgan fingerprint density at radius 1 is 0.842 bits per heavy atom. The highest BCUT2D eigenvalue weighted by Gasteiger charge is 2.28. The molecule has 0 aliphatic rings. The van der Waals surface area contributed by atoms with Gasteiger partial charge in [0.2, 0.25) is 0 Å². The quantitative estimate of drug-likeness (QED) is 0.772. The third-order valence-corrected chi connectivity index (χ3v) is 2.72. The summed E-state index contributed by atoms with van der Waals surface area (Å²) in [4.78, 5) is 23.7. The van der Waals surface area contributed by atoms with E-state index in [1.165, 1.54) is 34.5 Å². The molecular formula is C13H16O6. The summed E-state index contributed by atoms with van der Waals surface area (Å²) in [6, 6.07) is 1.52. The van der Waals surface area contributed by atoms with Crippen molar-refractivity contribution in [1.82, 2.24) is 0 Å². The zero-order valence-corrected chi connectivity index (χ0v) is 11.5. The largest absolute Gasteiger partial charge is 0.496 e. The molecule has 0 N–H and O–H groups in total. The molecule has 0 saturated carbocycles. The van der Waals surface area contributed by atoms with E-state index in [9.17, 15) is 9.59 Å². The van der Waals surface area contributed by atoms with Crippen LogP contribution in [0.5, 0.6) is 11.5 Å². The van der Waals surface area contributed by atoms with Crippen molar-refractivity contribution in [1.29, 1.82) is 0 Å². The number of hydrogen-bond acceptors (Lipinski definition) is 6. The second kappa shape index (κ2) is 6.08. The van der Waals surface area contributed by atoms with Crippen LogP contribution in [-0.4, -0.2) is 40.4 Å². The van der Waals surface area contributed by atoms with Crippen molar-refractivity contribution >= 4 is 11.9 Å².